The molecule has 1 unspecified atom stereocenters. The second kappa shape index (κ2) is 13.0. The normalized spacial score (nSPS) is 17.3. The molecule has 0 saturated carbocycles. The number of amides is 3. The number of rotatable bonds is 7. The molecule has 1 aromatic carbocycles. The molecular weight excluding hydrogens is 496 g/mol. The fraction of sp³-hybridized carbons (Fsp3) is 0.533. The Kier molecular flexibility index (Phi) is 10.5. The Morgan fingerprint density at radius 1 is 1.10 bits per heavy atom. The van der Waals surface area contributed by atoms with Crippen LogP contribution in [0.15, 0.2) is 42.5 Å². The van der Waals surface area contributed by atoms with Crippen LogP contribution >= 0.6 is 0 Å². The highest BCUT2D eigenvalue weighted by Gasteiger charge is 2.46. The SMILES string of the molecule is CC.CC(C)CCC1(C)Oc2nc(NC(=O)[C@H](C)N(C)C(=O)OC(C)(C)C)ccc2N(c2ccccc2)C1=O. The van der Waals surface area contributed by atoms with Gasteiger partial charge < -0.3 is 14.8 Å². The minimum atomic E-state index is -1.12. The molecule has 1 aromatic heterocycles. The summed E-state index contributed by atoms with van der Waals surface area (Å²) in [7, 11) is 1.51. The zero-order valence-corrected chi connectivity index (χ0v) is 25.0. The van der Waals surface area contributed by atoms with Gasteiger partial charge in [0.2, 0.25) is 11.8 Å². The predicted octanol–water partition coefficient (Wildman–Crippen LogP) is 6.55. The zero-order chi connectivity index (χ0) is 29.5. The summed E-state index contributed by atoms with van der Waals surface area (Å²) in [6, 6.07) is 11.8. The standard InChI is InChI=1S/C28H38N4O5.C2H6/c1-18(2)16-17-28(7)25(34)32(20-12-10-9-11-13-20)21-14-15-22(30-24(21)36-28)29-23(33)19(3)31(8)26(35)37-27(4,5)6;1-2/h9-15,18-19H,16-17H2,1-8H3,(H,29,30,33);1-2H3/t19-,28?;/m0./s1. The van der Waals surface area contributed by atoms with Gasteiger partial charge in [0.1, 0.15) is 23.1 Å². The van der Waals surface area contributed by atoms with E-state index in [1.165, 1.54) is 11.9 Å². The molecule has 1 aliphatic rings. The van der Waals surface area contributed by atoms with Crippen molar-refractivity contribution in [3.63, 3.8) is 0 Å². The van der Waals surface area contributed by atoms with Crippen molar-refractivity contribution in [1.82, 2.24) is 9.88 Å². The van der Waals surface area contributed by atoms with E-state index in [9.17, 15) is 14.4 Å². The van der Waals surface area contributed by atoms with Crippen LogP contribution < -0.4 is 15.0 Å². The van der Waals surface area contributed by atoms with Crippen LogP contribution in [0.25, 0.3) is 0 Å². The number of pyridine rings is 1. The largest absolute Gasteiger partial charge is 0.460 e. The number of carbonyl (C=O) groups excluding carboxylic acids is 3. The van der Waals surface area contributed by atoms with Crippen LogP contribution in [-0.2, 0) is 14.3 Å². The number of benzene rings is 1. The third-order valence-electron chi connectivity index (χ3n) is 6.16. The first-order valence-electron chi connectivity index (χ1n) is 13.6. The minimum absolute atomic E-state index is 0.168. The topological polar surface area (TPSA) is 101 Å². The maximum absolute atomic E-state index is 13.7. The Morgan fingerprint density at radius 2 is 1.72 bits per heavy atom. The van der Waals surface area contributed by atoms with E-state index in [1.807, 2.05) is 44.2 Å². The van der Waals surface area contributed by atoms with Crippen LogP contribution in [0.2, 0.25) is 0 Å². The molecule has 3 rings (SSSR count). The molecule has 1 aliphatic heterocycles. The maximum atomic E-state index is 13.7. The number of likely N-dealkylation sites (N-methyl/N-ethyl adjacent to an activating group) is 1. The van der Waals surface area contributed by atoms with Crippen molar-refractivity contribution in [1.29, 1.82) is 0 Å². The lowest BCUT2D eigenvalue weighted by atomic mass is 9.92. The summed E-state index contributed by atoms with van der Waals surface area (Å²) in [5, 5.41) is 2.75. The van der Waals surface area contributed by atoms with E-state index in [2.05, 4.69) is 24.1 Å². The lowest BCUT2D eigenvalue weighted by molar-refractivity contribution is -0.134. The highest BCUT2D eigenvalue weighted by atomic mass is 16.6. The van der Waals surface area contributed by atoms with Gasteiger partial charge in [-0.3, -0.25) is 19.4 Å². The lowest BCUT2D eigenvalue weighted by Crippen LogP contribution is -2.53. The molecule has 2 atom stereocenters. The number of aromatic nitrogens is 1. The van der Waals surface area contributed by atoms with Gasteiger partial charge in [-0.25, -0.2) is 4.79 Å². The Bertz CT molecular complexity index is 1150. The number of para-hydroxylation sites is 1. The summed E-state index contributed by atoms with van der Waals surface area (Å²) >= 11 is 0. The molecule has 214 valence electrons. The van der Waals surface area contributed by atoms with E-state index in [0.717, 1.165) is 6.42 Å². The second-order valence-electron chi connectivity index (χ2n) is 11.0. The van der Waals surface area contributed by atoms with Crippen LogP contribution in [0, 0.1) is 5.92 Å². The van der Waals surface area contributed by atoms with Gasteiger partial charge in [0.05, 0.1) is 0 Å². The molecule has 39 heavy (non-hydrogen) atoms. The Labute approximate surface area is 232 Å². The van der Waals surface area contributed by atoms with Crippen LogP contribution in [0.4, 0.5) is 22.0 Å². The van der Waals surface area contributed by atoms with Gasteiger partial charge in [0.25, 0.3) is 5.91 Å². The lowest BCUT2D eigenvalue weighted by Gasteiger charge is -2.40. The molecule has 3 amide bonds. The molecule has 2 heterocycles. The number of ether oxygens (including phenoxy) is 2. The quantitative estimate of drug-likeness (QED) is 0.427. The first-order chi connectivity index (χ1) is 18.2. The average Bonchev–Trinajstić information content (AvgIpc) is 2.88. The van der Waals surface area contributed by atoms with E-state index in [-0.39, 0.29) is 17.6 Å². The van der Waals surface area contributed by atoms with Crippen molar-refractivity contribution in [2.24, 2.45) is 5.92 Å². The number of fused-ring (bicyclic) bond motifs is 1. The van der Waals surface area contributed by atoms with Gasteiger partial charge in [0.15, 0.2) is 5.60 Å². The van der Waals surface area contributed by atoms with Crippen molar-refractivity contribution >= 4 is 35.1 Å². The summed E-state index contributed by atoms with van der Waals surface area (Å²) in [4.78, 5) is 46.4. The average molecular weight is 541 g/mol. The number of hydrogen-bond donors (Lipinski definition) is 1. The number of anilines is 3. The van der Waals surface area contributed by atoms with Crippen LogP contribution in [0.5, 0.6) is 5.88 Å². The number of nitrogens with zero attached hydrogens (tertiary/aromatic N) is 3. The van der Waals surface area contributed by atoms with Crippen molar-refractivity contribution < 1.29 is 23.9 Å². The highest BCUT2D eigenvalue weighted by molar-refractivity contribution is 6.08. The molecule has 0 aliphatic carbocycles. The smallest absolute Gasteiger partial charge is 0.410 e. The Balaban J connectivity index is 0.00000260. The molecule has 0 radical (unpaired) electrons. The Hall–Kier alpha value is -3.62. The van der Waals surface area contributed by atoms with Gasteiger partial charge >= 0.3 is 6.09 Å². The molecule has 1 N–H and O–H groups in total. The molecule has 9 nitrogen and oxygen atoms in total. The van der Waals surface area contributed by atoms with E-state index in [4.69, 9.17) is 9.47 Å². The molecule has 9 heteroatoms. The van der Waals surface area contributed by atoms with Gasteiger partial charge in [0, 0.05) is 12.7 Å². The minimum Gasteiger partial charge on any atom is -0.460 e. The number of hydrogen-bond acceptors (Lipinski definition) is 6. The van der Waals surface area contributed by atoms with Crippen molar-refractivity contribution in [3.05, 3.63) is 42.5 Å². The first-order valence-corrected chi connectivity index (χ1v) is 13.6. The van der Waals surface area contributed by atoms with Crippen LogP contribution in [0.1, 0.15) is 75.2 Å². The predicted molar refractivity (Wildman–Crippen MR) is 154 cm³/mol. The van der Waals surface area contributed by atoms with Gasteiger partial charge in [-0.05, 0) is 77.6 Å². The van der Waals surface area contributed by atoms with E-state index in [1.54, 1.807) is 51.7 Å². The summed E-state index contributed by atoms with van der Waals surface area (Å²) < 4.78 is 11.6. The molecule has 0 saturated heterocycles. The summed E-state index contributed by atoms with van der Waals surface area (Å²) in [6.07, 6.45) is 0.711. The van der Waals surface area contributed by atoms with Crippen molar-refractivity contribution in [2.75, 3.05) is 17.3 Å². The summed E-state index contributed by atoms with van der Waals surface area (Å²) in [5.74, 6) is 0.289. The molecule has 2 aromatic rings. The number of carbonyl (C=O) groups is 3. The summed E-state index contributed by atoms with van der Waals surface area (Å²) in [5.41, 5.74) is -0.593. The van der Waals surface area contributed by atoms with E-state index in [0.29, 0.717) is 23.7 Å². The van der Waals surface area contributed by atoms with Crippen LogP contribution in [-0.4, -0.2) is 52.1 Å². The molecular formula is C30H44N4O5. The van der Waals surface area contributed by atoms with Crippen LogP contribution in [0.3, 0.4) is 0 Å². The van der Waals surface area contributed by atoms with Gasteiger partial charge in [-0.1, -0.05) is 45.9 Å². The van der Waals surface area contributed by atoms with Crippen molar-refractivity contribution in [2.45, 2.75) is 92.4 Å². The fourth-order valence-electron chi connectivity index (χ4n) is 3.81. The first kappa shape index (κ1) is 31.6. The highest BCUT2D eigenvalue weighted by Crippen LogP contribution is 2.43. The molecule has 0 bridgehead atoms. The third kappa shape index (κ3) is 7.94. The number of nitrogens with one attached hydrogen (secondary N) is 1. The fourth-order valence-corrected chi connectivity index (χ4v) is 3.81. The second-order valence-corrected chi connectivity index (χ2v) is 11.0. The van der Waals surface area contributed by atoms with E-state index < -0.39 is 29.2 Å². The van der Waals surface area contributed by atoms with Gasteiger partial charge in [-0.2, -0.15) is 4.98 Å². The summed E-state index contributed by atoms with van der Waals surface area (Å²) in [6.45, 7) is 16.9. The Morgan fingerprint density at radius 3 is 2.28 bits per heavy atom. The third-order valence-corrected chi connectivity index (χ3v) is 6.16. The monoisotopic (exact) mass is 540 g/mol. The molecule has 0 fully saturated rings. The van der Waals surface area contributed by atoms with E-state index >= 15 is 0 Å². The molecule has 0 spiro atoms. The maximum Gasteiger partial charge on any atom is 0.410 e. The van der Waals surface area contributed by atoms with Crippen molar-refractivity contribution in [3.8, 4) is 5.88 Å². The zero-order valence-electron chi connectivity index (χ0n) is 25.0. The van der Waals surface area contributed by atoms with Gasteiger partial charge in [-0.15, -0.1) is 0 Å².